The fourth-order valence-corrected chi connectivity index (χ4v) is 5.99. The molecule has 0 unspecified atom stereocenters. The number of rotatable bonds is 7. The van der Waals surface area contributed by atoms with Crippen LogP contribution in [-0.4, -0.2) is 34.8 Å². The van der Waals surface area contributed by atoms with E-state index in [4.69, 9.17) is 4.98 Å². The molecular weight excluding hydrogens is 463 g/mol. The molecule has 7 nitrogen and oxygen atoms in total. The first-order chi connectivity index (χ1) is 15.6. The number of nitrogens with one attached hydrogen (secondary N) is 1. The van der Waals surface area contributed by atoms with Gasteiger partial charge in [0, 0.05) is 12.5 Å². The van der Waals surface area contributed by atoms with Gasteiger partial charge in [0.05, 0.1) is 26.6 Å². The summed E-state index contributed by atoms with van der Waals surface area (Å²) in [5.41, 5.74) is 3.84. The Morgan fingerprint density at radius 2 is 1.85 bits per heavy atom. The summed E-state index contributed by atoms with van der Waals surface area (Å²) in [6, 6.07) is 10.6. The summed E-state index contributed by atoms with van der Waals surface area (Å²) in [5.74, 6) is -0.550. The minimum Gasteiger partial charge on any atom is -0.311 e. The molecule has 0 spiro atoms. The van der Waals surface area contributed by atoms with Gasteiger partial charge in [-0.3, -0.25) is 4.79 Å². The molecule has 0 bridgehead atoms. The lowest BCUT2D eigenvalue weighted by molar-refractivity contribution is -0.116. The zero-order chi connectivity index (χ0) is 23.8. The molecule has 172 valence electrons. The molecule has 1 N–H and O–H groups in total. The number of aromatic nitrogens is 3. The van der Waals surface area contributed by atoms with Gasteiger partial charge in [0.25, 0.3) is 0 Å². The molecule has 0 fully saturated rings. The Balaban J connectivity index is 1.45. The van der Waals surface area contributed by atoms with Gasteiger partial charge < -0.3 is 5.32 Å². The zero-order valence-electron chi connectivity index (χ0n) is 18.4. The summed E-state index contributed by atoms with van der Waals surface area (Å²) >= 11 is 1.49. The van der Waals surface area contributed by atoms with Gasteiger partial charge in [-0.25, -0.2) is 17.8 Å². The number of anilines is 1. The van der Waals surface area contributed by atoms with Crippen LogP contribution in [-0.2, 0) is 14.6 Å². The second-order valence-corrected chi connectivity index (χ2v) is 11.1. The number of carbonyl (C=O) groups excluding carboxylic acids is 1. The van der Waals surface area contributed by atoms with E-state index < -0.39 is 15.7 Å². The summed E-state index contributed by atoms with van der Waals surface area (Å²) in [7, 11) is -3.59. The number of carbonyl (C=O) groups is 1. The SMILES string of the molecule is Cc1cc(C)c2nc(-n3nc(C)cc3NC(=O)CCCS(=O)(=O)c3ccc(F)cc3)sc2c1. The minimum atomic E-state index is -3.59. The number of amides is 1. The summed E-state index contributed by atoms with van der Waals surface area (Å²) < 4.78 is 40.5. The Kier molecular flexibility index (Phi) is 6.31. The lowest BCUT2D eigenvalue weighted by Gasteiger charge is -2.07. The second-order valence-electron chi connectivity index (χ2n) is 7.93. The van der Waals surface area contributed by atoms with E-state index in [1.165, 1.54) is 23.5 Å². The van der Waals surface area contributed by atoms with Crippen molar-refractivity contribution in [1.29, 1.82) is 0 Å². The summed E-state index contributed by atoms with van der Waals surface area (Å²) in [5, 5.41) is 7.93. The highest BCUT2D eigenvalue weighted by atomic mass is 32.2. The van der Waals surface area contributed by atoms with Crippen LogP contribution in [0.3, 0.4) is 0 Å². The van der Waals surface area contributed by atoms with Crippen LogP contribution in [0.15, 0.2) is 47.4 Å². The summed E-state index contributed by atoms with van der Waals surface area (Å²) in [6.07, 6.45) is 0.154. The van der Waals surface area contributed by atoms with Gasteiger partial charge in [-0.15, -0.1) is 0 Å². The van der Waals surface area contributed by atoms with E-state index >= 15 is 0 Å². The van der Waals surface area contributed by atoms with Crippen molar-refractivity contribution in [2.75, 3.05) is 11.1 Å². The topological polar surface area (TPSA) is 93.9 Å². The molecular formula is C23H23FN4O3S2. The number of aryl methyl sites for hydroxylation is 3. The molecule has 10 heteroatoms. The average Bonchev–Trinajstić information content (AvgIpc) is 3.31. The third kappa shape index (κ3) is 5.12. The fourth-order valence-electron chi connectivity index (χ4n) is 3.57. The Morgan fingerprint density at radius 1 is 1.12 bits per heavy atom. The molecule has 33 heavy (non-hydrogen) atoms. The van der Waals surface area contributed by atoms with Crippen LogP contribution in [0.25, 0.3) is 15.3 Å². The fraction of sp³-hybridized carbons (Fsp3) is 0.261. The molecule has 4 aromatic rings. The predicted molar refractivity (Wildman–Crippen MR) is 127 cm³/mol. The van der Waals surface area contributed by atoms with E-state index in [1.54, 1.807) is 10.7 Å². The van der Waals surface area contributed by atoms with Crippen molar-refractivity contribution < 1.29 is 17.6 Å². The number of sulfone groups is 1. The summed E-state index contributed by atoms with van der Waals surface area (Å²) in [4.78, 5) is 17.3. The molecule has 1 amide bonds. The van der Waals surface area contributed by atoms with Crippen LogP contribution >= 0.6 is 11.3 Å². The van der Waals surface area contributed by atoms with Gasteiger partial charge in [-0.05, 0) is 68.7 Å². The van der Waals surface area contributed by atoms with Crippen molar-refractivity contribution in [3.05, 3.63) is 65.1 Å². The van der Waals surface area contributed by atoms with Crippen molar-refractivity contribution in [3.8, 4) is 5.13 Å². The highest BCUT2D eigenvalue weighted by Crippen LogP contribution is 2.30. The normalized spacial score (nSPS) is 11.8. The smallest absolute Gasteiger partial charge is 0.225 e. The summed E-state index contributed by atoms with van der Waals surface area (Å²) in [6.45, 7) is 5.87. The number of hydrogen-bond donors (Lipinski definition) is 1. The van der Waals surface area contributed by atoms with Crippen molar-refractivity contribution in [2.24, 2.45) is 0 Å². The molecule has 2 aromatic carbocycles. The molecule has 0 aliphatic carbocycles. The first-order valence-corrected chi connectivity index (χ1v) is 12.8. The van der Waals surface area contributed by atoms with E-state index in [1.807, 2.05) is 20.8 Å². The second kappa shape index (κ2) is 9.03. The molecule has 2 heterocycles. The van der Waals surface area contributed by atoms with E-state index in [9.17, 15) is 17.6 Å². The first kappa shape index (κ1) is 23.1. The zero-order valence-corrected chi connectivity index (χ0v) is 20.1. The lowest BCUT2D eigenvalue weighted by atomic mass is 10.1. The van der Waals surface area contributed by atoms with E-state index in [0.29, 0.717) is 10.9 Å². The number of halogens is 1. The Labute approximate surface area is 195 Å². The molecule has 0 aliphatic rings. The quantitative estimate of drug-likeness (QED) is 0.381. The molecule has 0 aliphatic heterocycles. The van der Waals surface area contributed by atoms with Crippen molar-refractivity contribution >= 4 is 43.1 Å². The van der Waals surface area contributed by atoms with E-state index in [-0.39, 0.29) is 29.4 Å². The molecule has 0 saturated heterocycles. The first-order valence-electron chi connectivity index (χ1n) is 10.4. The maximum absolute atomic E-state index is 13.0. The standard InChI is InChI=1S/C23H23FN4O3S2/c1-14-11-15(2)22-19(12-14)32-23(26-22)28-20(13-16(3)27-28)25-21(29)5-4-10-33(30,31)18-8-6-17(24)7-9-18/h6-9,11-13H,4-5,10H2,1-3H3,(H,25,29). The van der Waals surface area contributed by atoms with E-state index in [0.717, 1.165) is 39.2 Å². The Hall–Kier alpha value is -3.11. The van der Waals surface area contributed by atoms with Gasteiger partial charge in [0.1, 0.15) is 11.6 Å². The minimum absolute atomic E-state index is 0.0167. The molecule has 0 saturated carbocycles. The van der Waals surface area contributed by atoms with Crippen LogP contribution < -0.4 is 5.32 Å². The highest BCUT2D eigenvalue weighted by Gasteiger charge is 2.18. The number of nitrogens with zero attached hydrogens (tertiary/aromatic N) is 3. The lowest BCUT2D eigenvalue weighted by Crippen LogP contribution is -2.16. The van der Waals surface area contributed by atoms with Crippen molar-refractivity contribution in [2.45, 2.75) is 38.5 Å². The van der Waals surface area contributed by atoms with Crippen LogP contribution in [0.5, 0.6) is 0 Å². The number of benzene rings is 2. The predicted octanol–water partition coefficient (Wildman–Crippen LogP) is 4.74. The Bertz CT molecular complexity index is 1440. The molecule has 0 atom stereocenters. The Morgan fingerprint density at radius 3 is 2.58 bits per heavy atom. The van der Waals surface area contributed by atoms with Gasteiger partial charge in [-0.1, -0.05) is 17.4 Å². The highest BCUT2D eigenvalue weighted by molar-refractivity contribution is 7.91. The van der Waals surface area contributed by atoms with Gasteiger partial charge in [-0.2, -0.15) is 9.78 Å². The largest absolute Gasteiger partial charge is 0.311 e. The maximum atomic E-state index is 13.0. The average molecular weight is 487 g/mol. The monoisotopic (exact) mass is 486 g/mol. The molecule has 2 aromatic heterocycles. The van der Waals surface area contributed by atoms with E-state index in [2.05, 4.69) is 22.5 Å². The number of hydrogen-bond acceptors (Lipinski definition) is 6. The maximum Gasteiger partial charge on any atom is 0.225 e. The van der Waals surface area contributed by atoms with Crippen LogP contribution in [0.4, 0.5) is 10.2 Å². The number of thiazole rings is 1. The van der Waals surface area contributed by atoms with Crippen LogP contribution in [0.1, 0.15) is 29.7 Å². The van der Waals surface area contributed by atoms with Gasteiger partial charge >= 0.3 is 0 Å². The van der Waals surface area contributed by atoms with Crippen LogP contribution in [0, 0.1) is 26.6 Å². The van der Waals surface area contributed by atoms with Crippen LogP contribution in [0.2, 0.25) is 0 Å². The van der Waals surface area contributed by atoms with Gasteiger partial charge in [0.15, 0.2) is 9.84 Å². The van der Waals surface area contributed by atoms with Gasteiger partial charge in [0.2, 0.25) is 11.0 Å². The number of fused-ring (bicyclic) bond motifs is 1. The third-order valence-corrected chi connectivity index (χ3v) is 7.88. The molecule has 4 rings (SSSR count). The van der Waals surface area contributed by atoms with Crippen molar-refractivity contribution in [3.63, 3.8) is 0 Å². The van der Waals surface area contributed by atoms with Crippen molar-refractivity contribution in [1.82, 2.24) is 14.8 Å². The molecule has 0 radical (unpaired) electrons. The third-order valence-electron chi connectivity index (χ3n) is 5.09.